The number of rotatable bonds is 24. The zero-order chi connectivity index (χ0) is 79.0. The summed E-state index contributed by atoms with van der Waals surface area (Å²) in [5, 5.41) is 50.0. The van der Waals surface area contributed by atoms with Crippen molar-refractivity contribution < 1.29 is 4.39 Å². The number of hydrogen-bond acceptors (Lipinski definition) is 17. The van der Waals surface area contributed by atoms with E-state index in [4.69, 9.17) is 44.8 Å². The Hall–Kier alpha value is -8.85. The molecule has 0 aliphatic carbocycles. The van der Waals surface area contributed by atoms with Crippen LogP contribution in [-0.4, -0.2) is 148 Å². The van der Waals surface area contributed by atoms with E-state index in [1.54, 1.807) is 40.1 Å². The molecule has 2 fully saturated rings. The monoisotopic (exact) mass is 1720 g/mol. The molecule has 12 aromatic rings. The third kappa shape index (κ3) is 19.9. The van der Waals surface area contributed by atoms with Crippen molar-refractivity contribution in [1.29, 1.82) is 15.8 Å². The number of nitrogens with zero attached hydrogens (tertiary/aromatic N) is 11. The fraction of sp³-hybridized carbons (Fsp3) is 0.323. The highest BCUT2D eigenvalue weighted by Crippen LogP contribution is 2.36. The third-order valence-corrected chi connectivity index (χ3v) is 27.9. The molecule has 2 saturated heterocycles. The molecule has 6 aliphatic rings. The number of hydrogen-bond donors (Lipinski definition) is 2. The van der Waals surface area contributed by atoms with Crippen molar-refractivity contribution in [3.63, 3.8) is 0 Å². The predicted molar refractivity (Wildman–Crippen MR) is 485 cm³/mol. The number of halogens is 5. The molecule has 115 heavy (non-hydrogen) atoms. The summed E-state index contributed by atoms with van der Waals surface area (Å²) in [6.07, 6.45) is 14.3. The second kappa shape index (κ2) is 39.4. The van der Waals surface area contributed by atoms with Gasteiger partial charge in [-0.05, 0) is 314 Å². The number of nitriles is 3. The number of amidine groups is 4. The molecule has 18 rings (SSSR count). The van der Waals surface area contributed by atoms with Crippen molar-refractivity contribution in [3.8, 4) is 18.2 Å². The Labute approximate surface area is 712 Å². The Morgan fingerprint density at radius 2 is 0.748 bits per heavy atom. The largest absolute Gasteiger partial charge is 0.368 e. The van der Waals surface area contributed by atoms with Crippen molar-refractivity contribution in [3.05, 3.63) is 276 Å². The molecule has 2 N–H and O–H groups in total. The Balaban J connectivity index is 0.000000122. The van der Waals surface area contributed by atoms with E-state index in [-0.39, 0.29) is 5.82 Å². The molecule has 586 valence electrons. The lowest BCUT2D eigenvalue weighted by Crippen LogP contribution is -2.32. The molecule has 0 spiro atoms. The van der Waals surface area contributed by atoms with E-state index in [1.165, 1.54) is 141 Å². The molecule has 0 bridgehead atoms. The number of nitrogens with one attached hydrogen (secondary N) is 2. The number of aliphatic imine (C=N–C) groups is 4. The predicted octanol–water partition coefficient (Wildman–Crippen LogP) is 21.0. The summed E-state index contributed by atoms with van der Waals surface area (Å²) in [4.78, 5) is 28.9. The van der Waals surface area contributed by atoms with E-state index in [1.807, 2.05) is 95.6 Å². The Kier molecular flexibility index (Phi) is 27.9. The number of likely N-dealkylation sites (tertiary alicyclic amines) is 2. The van der Waals surface area contributed by atoms with Gasteiger partial charge in [0.2, 0.25) is 0 Å². The molecule has 0 atom stereocenters. The fourth-order valence-electron chi connectivity index (χ4n) is 16.7. The Bertz CT molecular complexity index is 5580. The summed E-state index contributed by atoms with van der Waals surface area (Å²) in [5.41, 5.74) is 15.5. The van der Waals surface area contributed by atoms with Gasteiger partial charge in [-0.3, -0.25) is 20.0 Å². The molecule has 0 radical (unpaired) electrons. The maximum Gasteiger partial charge on any atom is 0.131 e. The van der Waals surface area contributed by atoms with Gasteiger partial charge in [0.1, 0.15) is 29.2 Å². The van der Waals surface area contributed by atoms with Gasteiger partial charge >= 0.3 is 0 Å². The van der Waals surface area contributed by atoms with Crippen LogP contribution in [-0.2, 0) is 51.4 Å². The van der Waals surface area contributed by atoms with Gasteiger partial charge in [-0.2, -0.15) is 15.8 Å². The standard InChI is InChI=1S/C27H29ClN4S.C26H29BrClN3S.C20H16ClN3S.C20H16FN3S/c28-25-6-3-5-24(27-30-10-15-32(27)14-4-13-31-11-1-2-12-31)23(25)8-7-21-17-20(19-29)18-22-9-16-33-26(21)22;27-21-17-19(25-20(18-21)9-16-32-25)7-8-22-23(5-3-6-24(22)28)26-29-10-15-31(26)14-4-13-30-11-1-2-12-30;2*21-18-3-1-2-17(20-23-7-8-24-20)16(18)5-4-14-10-13(12-22)11-15-6-9-25-19(14)15/h3,5-6,9,16-18H,1-2,4,7-8,10-15H2;3,5-6,9,16-18H,1-2,4,7-8,10-15H2;2*1-3,6,9-11H,4-5,7-8H2,(H,23,24). The Morgan fingerprint density at radius 3 is 1.14 bits per heavy atom. The lowest BCUT2D eigenvalue weighted by atomic mass is 9.97. The SMILES string of the molecule is Clc1cccc(C2=NCCN2CCCN2CCCC2)c1CCc1cc(Br)cc2ccsc12.N#Cc1cc(CCc2c(Cl)cccc2C2=NCCN2)c2sccc2c1.N#Cc1cc(CCc2c(Cl)cccc2C2=NCCN2CCCN2CCCC2)c2sccc2c1.N#Cc1cc(CCc2c(F)cccc2C2=NCCN2)c2sccc2c1. The molecule has 8 aromatic carbocycles. The van der Waals surface area contributed by atoms with Gasteiger partial charge in [0.25, 0.3) is 0 Å². The third-order valence-electron chi connectivity index (χ3n) is 22.3. The van der Waals surface area contributed by atoms with E-state index in [0.29, 0.717) is 29.5 Å². The lowest BCUT2D eigenvalue weighted by Gasteiger charge is -2.24. The van der Waals surface area contributed by atoms with Crippen LogP contribution < -0.4 is 10.6 Å². The van der Waals surface area contributed by atoms with Gasteiger partial charge in [0, 0.05) is 99.9 Å². The van der Waals surface area contributed by atoms with Crippen LogP contribution in [0.25, 0.3) is 40.3 Å². The number of thiophene rings is 4. The first-order valence-electron chi connectivity index (χ1n) is 40.0. The topological polar surface area (TPSA) is 158 Å². The average Bonchev–Trinajstić information content (AvgIpc) is 1.79. The smallest absolute Gasteiger partial charge is 0.131 e. The summed E-state index contributed by atoms with van der Waals surface area (Å²) in [6, 6.07) is 55.0. The summed E-state index contributed by atoms with van der Waals surface area (Å²) in [7, 11) is 0. The quantitative estimate of drug-likeness (QED) is 0.0601. The molecule has 0 unspecified atom stereocenters. The molecule has 13 nitrogen and oxygen atoms in total. The van der Waals surface area contributed by atoms with Gasteiger partial charge in [-0.1, -0.05) is 99.3 Å². The molecule has 6 aliphatic heterocycles. The second-order valence-corrected chi connectivity index (χ2v) is 35.5. The number of fused-ring (bicyclic) bond motifs is 4. The van der Waals surface area contributed by atoms with Crippen molar-refractivity contribution in [2.75, 3.05) is 105 Å². The van der Waals surface area contributed by atoms with Gasteiger partial charge in [0.15, 0.2) is 0 Å². The first-order chi connectivity index (χ1) is 56.4. The Morgan fingerprint density at radius 1 is 0.391 bits per heavy atom. The maximum absolute atomic E-state index is 14.5. The number of aryl methyl sites for hydroxylation is 4. The fourth-order valence-corrected chi connectivity index (χ4v) is 21.8. The first kappa shape index (κ1) is 81.3. The van der Waals surface area contributed by atoms with E-state index >= 15 is 0 Å². The highest BCUT2D eigenvalue weighted by Gasteiger charge is 2.27. The lowest BCUT2D eigenvalue weighted by molar-refractivity contribution is 0.313. The molecule has 0 amide bonds. The van der Waals surface area contributed by atoms with Crippen molar-refractivity contribution >= 4 is 160 Å². The van der Waals surface area contributed by atoms with Crippen molar-refractivity contribution in [1.82, 2.24) is 30.2 Å². The van der Waals surface area contributed by atoms with E-state index in [0.717, 1.165) is 196 Å². The van der Waals surface area contributed by atoms with Crippen LogP contribution in [0.15, 0.2) is 192 Å². The molecule has 4 aromatic heterocycles. The van der Waals surface area contributed by atoms with Crippen LogP contribution in [0.5, 0.6) is 0 Å². The van der Waals surface area contributed by atoms with Crippen LogP contribution in [0.4, 0.5) is 4.39 Å². The summed E-state index contributed by atoms with van der Waals surface area (Å²) in [5.74, 6) is 3.75. The van der Waals surface area contributed by atoms with E-state index in [2.05, 4.69) is 145 Å². The normalized spacial score (nSPS) is 15.3. The molecular formula is C93H90BrCl3FN13S4. The van der Waals surface area contributed by atoms with Crippen molar-refractivity contribution in [2.45, 2.75) is 89.9 Å². The van der Waals surface area contributed by atoms with E-state index in [9.17, 15) is 20.2 Å². The van der Waals surface area contributed by atoms with Crippen LogP contribution in [0.3, 0.4) is 0 Å². The van der Waals surface area contributed by atoms with Gasteiger partial charge < -0.3 is 30.2 Å². The summed E-state index contributed by atoms with van der Waals surface area (Å²) < 4.78 is 20.7. The molecular weight excluding hydrogens is 1630 g/mol. The highest BCUT2D eigenvalue weighted by molar-refractivity contribution is 9.10. The maximum atomic E-state index is 14.5. The van der Waals surface area contributed by atoms with Crippen LogP contribution >= 0.6 is 96.1 Å². The first-order valence-corrected chi connectivity index (χ1v) is 45.5. The zero-order valence-corrected chi connectivity index (χ0v) is 71.4. The van der Waals surface area contributed by atoms with E-state index < -0.39 is 0 Å². The van der Waals surface area contributed by atoms with Crippen molar-refractivity contribution in [2.24, 2.45) is 20.0 Å². The minimum absolute atomic E-state index is 0.201. The van der Waals surface area contributed by atoms with Gasteiger partial charge in [0.05, 0.1) is 61.1 Å². The summed E-state index contributed by atoms with van der Waals surface area (Å²) >= 11 is 30.6. The zero-order valence-electron chi connectivity index (χ0n) is 64.3. The average molecular weight is 1720 g/mol. The highest BCUT2D eigenvalue weighted by atomic mass is 79.9. The molecule has 0 saturated carbocycles. The molecule has 22 heteroatoms. The second-order valence-electron chi connectivity index (χ2n) is 29.7. The minimum Gasteiger partial charge on any atom is -0.368 e. The minimum atomic E-state index is -0.201. The van der Waals surface area contributed by atoms with Gasteiger partial charge in [-0.25, -0.2) is 4.39 Å². The van der Waals surface area contributed by atoms with Crippen LogP contribution in [0.2, 0.25) is 15.1 Å². The molecule has 10 heterocycles. The van der Waals surface area contributed by atoms with Crippen LogP contribution in [0.1, 0.15) is 122 Å². The van der Waals surface area contributed by atoms with Crippen LogP contribution in [0, 0.1) is 39.8 Å². The summed E-state index contributed by atoms with van der Waals surface area (Å²) in [6.45, 7) is 16.5. The number of benzene rings is 8. The van der Waals surface area contributed by atoms with Gasteiger partial charge in [-0.15, -0.1) is 45.3 Å².